The molecule has 1 atom stereocenters. The van der Waals surface area contributed by atoms with Crippen LogP contribution >= 0.6 is 0 Å². The molecule has 4 nitrogen and oxygen atoms in total. The number of benzene rings is 1. The van der Waals surface area contributed by atoms with Gasteiger partial charge in [0, 0.05) is 24.2 Å². The fraction of sp³-hybridized carbons (Fsp3) is 0.667. The van der Waals surface area contributed by atoms with Gasteiger partial charge >= 0.3 is 0 Å². The molecule has 0 radical (unpaired) electrons. The van der Waals surface area contributed by atoms with E-state index in [1.54, 1.807) is 11.5 Å². The number of nitrogens with zero attached hydrogens (tertiary/aromatic N) is 1. The molecule has 0 saturated heterocycles. The maximum Gasteiger partial charge on any atom is 0.274 e. The third kappa shape index (κ3) is 3.05. The minimum atomic E-state index is -0.652. The van der Waals surface area contributed by atoms with Crippen molar-refractivity contribution in [3.8, 4) is 0 Å². The topological polar surface area (TPSA) is 52.6 Å². The predicted molar refractivity (Wildman–Crippen MR) is 97.5 cm³/mol. The van der Waals surface area contributed by atoms with Crippen LogP contribution in [0.1, 0.15) is 79.8 Å². The number of carbonyl (C=O) groups excluding carboxylic acids is 1. The standard InChI is InChI=1S/C21H29FN2O2/c1-2-16-10-18-15(8-14(9-19(18)22)20(25)23-26)13-24(16)17-11-21(12-17)6-4-3-5-7-21/h8-9,16-17,26H,2-7,10-13H2,1H3,(H,23,25)/t16-/m0/s1. The molecule has 26 heavy (non-hydrogen) atoms. The van der Waals surface area contributed by atoms with Crippen molar-refractivity contribution in [1.82, 2.24) is 10.4 Å². The van der Waals surface area contributed by atoms with Gasteiger partial charge in [-0.3, -0.25) is 14.9 Å². The molecule has 1 amide bonds. The maximum atomic E-state index is 14.6. The lowest BCUT2D eigenvalue weighted by atomic mass is 9.57. The molecule has 1 heterocycles. The van der Waals surface area contributed by atoms with Crippen molar-refractivity contribution in [2.45, 2.75) is 83.3 Å². The number of hydrogen-bond donors (Lipinski definition) is 2. The summed E-state index contributed by atoms with van der Waals surface area (Å²) in [5.41, 5.74) is 4.02. The van der Waals surface area contributed by atoms with Gasteiger partial charge in [-0.2, -0.15) is 0 Å². The van der Waals surface area contributed by atoms with Crippen LogP contribution in [-0.2, 0) is 13.0 Å². The van der Waals surface area contributed by atoms with Gasteiger partial charge in [0.2, 0.25) is 0 Å². The molecule has 2 N–H and O–H groups in total. The van der Waals surface area contributed by atoms with Crippen molar-refractivity contribution in [3.05, 3.63) is 34.6 Å². The maximum absolute atomic E-state index is 14.6. The van der Waals surface area contributed by atoms with Crippen LogP contribution in [0.3, 0.4) is 0 Å². The van der Waals surface area contributed by atoms with Crippen LogP contribution in [0.5, 0.6) is 0 Å². The third-order valence-electron chi connectivity index (χ3n) is 7.11. The Kier molecular flexibility index (Phi) is 4.78. The van der Waals surface area contributed by atoms with Gasteiger partial charge < -0.3 is 0 Å². The molecule has 5 heteroatoms. The normalized spacial score (nSPS) is 25.6. The van der Waals surface area contributed by atoms with E-state index in [9.17, 15) is 9.18 Å². The lowest BCUT2D eigenvalue weighted by Crippen LogP contribution is -2.56. The smallest absolute Gasteiger partial charge is 0.274 e. The molecular formula is C21H29FN2O2. The molecule has 1 aromatic carbocycles. The Balaban J connectivity index is 1.55. The molecule has 1 spiro atoms. The second-order valence-corrected chi connectivity index (χ2v) is 8.60. The Morgan fingerprint density at radius 3 is 2.69 bits per heavy atom. The van der Waals surface area contributed by atoms with E-state index in [1.807, 2.05) is 0 Å². The van der Waals surface area contributed by atoms with Gasteiger partial charge in [0.25, 0.3) is 5.91 Å². The summed E-state index contributed by atoms with van der Waals surface area (Å²) in [6, 6.07) is 3.95. The van der Waals surface area contributed by atoms with E-state index in [2.05, 4.69) is 11.8 Å². The van der Waals surface area contributed by atoms with Crippen LogP contribution in [-0.4, -0.2) is 28.1 Å². The number of hydroxylamine groups is 1. The van der Waals surface area contributed by atoms with Crippen LogP contribution in [0.4, 0.5) is 4.39 Å². The van der Waals surface area contributed by atoms with Crippen molar-refractivity contribution < 1.29 is 14.4 Å². The summed E-state index contributed by atoms with van der Waals surface area (Å²) in [6.45, 7) is 2.89. The van der Waals surface area contributed by atoms with E-state index in [0.29, 0.717) is 30.5 Å². The average molecular weight is 360 g/mol. The van der Waals surface area contributed by atoms with E-state index in [1.165, 1.54) is 51.0 Å². The number of rotatable bonds is 3. The van der Waals surface area contributed by atoms with Crippen molar-refractivity contribution in [3.63, 3.8) is 0 Å². The highest BCUT2D eigenvalue weighted by molar-refractivity contribution is 5.93. The molecule has 142 valence electrons. The first-order chi connectivity index (χ1) is 12.5. The van der Waals surface area contributed by atoms with E-state index >= 15 is 0 Å². The average Bonchev–Trinajstić information content (AvgIpc) is 2.65. The quantitative estimate of drug-likeness (QED) is 0.628. The van der Waals surface area contributed by atoms with Crippen molar-refractivity contribution >= 4 is 5.91 Å². The molecule has 1 aliphatic heterocycles. The van der Waals surface area contributed by atoms with Crippen LogP contribution in [0.2, 0.25) is 0 Å². The molecule has 0 bridgehead atoms. The molecule has 4 rings (SSSR count). The molecule has 2 fully saturated rings. The highest BCUT2D eigenvalue weighted by Gasteiger charge is 2.48. The van der Waals surface area contributed by atoms with Crippen molar-refractivity contribution in [2.75, 3.05) is 0 Å². The van der Waals surface area contributed by atoms with Gasteiger partial charge in [0.1, 0.15) is 5.82 Å². The van der Waals surface area contributed by atoms with E-state index in [-0.39, 0.29) is 11.4 Å². The summed E-state index contributed by atoms with van der Waals surface area (Å²) in [4.78, 5) is 14.3. The van der Waals surface area contributed by atoms with Crippen LogP contribution < -0.4 is 5.48 Å². The van der Waals surface area contributed by atoms with Crippen molar-refractivity contribution in [2.24, 2.45) is 5.41 Å². The largest absolute Gasteiger partial charge is 0.293 e. The summed E-state index contributed by atoms with van der Waals surface area (Å²) < 4.78 is 14.6. The fourth-order valence-electron chi connectivity index (χ4n) is 5.63. The van der Waals surface area contributed by atoms with Crippen LogP contribution in [0, 0.1) is 11.2 Å². The van der Waals surface area contributed by atoms with Crippen LogP contribution in [0.25, 0.3) is 0 Å². The summed E-state index contributed by atoms with van der Waals surface area (Å²) in [5.74, 6) is -0.975. The van der Waals surface area contributed by atoms with E-state index in [4.69, 9.17) is 5.21 Å². The monoisotopic (exact) mass is 360 g/mol. The van der Waals surface area contributed by atoms with Crippen LogP contribution in [0.15, 0.2) is 12.1 Å². The van der Waals surface area contributed by atoms with Gasteiger partial charge in [-0.1, -0.05) is 26.2 Å². The zero-order valence-corrected chi connectivity index (χ0v) is 15.6. The van der Waals surface area contributed by atoms with Gasteiger partial charge in [0.05, 0.1) is 0 Å². The number of amides is 1. The molecule has 1 aromatic rings. The Morgan fingerprint density at radius 1 is 1.31 bits per heavy atom. The van der Waals surface area contributed by atoms with Gasteiger partial charge in [-0.05, 0) is 67.2 Å². The second-order valence-electron chi connectivity index (χ2n) is 8.60. The summed E-state index contributed by atoms with van der Waals surface area (Å²) in [6.07, 6.45) is 11.2. The molecular weight excluding hydrogens is 331 g/mol. The Labute approximate surface area is 154 Å². The summed E-state index contributed by atoms with van der Waals surface area (Å²) >= 11 is 0. The zero-order chi connectivity index (χ0) is 18.3. The first-order valence-electron chi connectivity index (χ1n) is 10.1. The van der Waals surface area contributed by atoms with Crippen molar-refractivity contribution in [1.29, 1.82) is 0 Å². The Morgan fingerprint density at radius 2 is 2.04 bits per heavy atom. The molecule has 0 aromatic heterocycles. The lowest BCUT2D eigenvalue weighted by Gasteiger charge is -2.56. The van der Waals surface area contributed by atoms with Gasteiger partial charge in [-0.25, -0.2) is 9.87 Å². The highest BCUT2D eigenvalue weighted by Crippen LogP contribution is 2.54. The Hall–Kier alpha value is -1.46. The Bertz CT molecular complexity index is 691. The third-order valence-corrected chi connectivity index (χ3v) is 7.11. The highest BCUT2D eigenvalue weighted by atomic mass is 19.1. The minimum absolute atomic E-state index is 0.191. The zero-order valence-electron chi connectivity index (χ0n) is 15.6. The first-order valence-corrected chi connectivity index (χ1v) is 10.1. The number of hydrogen-bond acceptors (Lipinski definition) is 3. The summed E-state index contributed by atoms with van der Waals surface area (Å²) in [7, 11) is 0. The molecule has 2 saturated carbocycles. The first kappa shape index (κ1) is 17.9. The van der Waals surface area contributed by atoms with E-state index < -0.39 is 5.91 Å². The molecule has 2 aliphatic carbocycles. The fourth-order valence-corrected chi connectivity index (χ4v) is 5.63. The molecule has 3 aliphatic rings. The number of fused-ring (bicyclic) bond motifs is 1. The number of halogens is 1. The SMILES string of the molecule is CC[C@H]1Cc2c(F)cc(C(=O)NO)cc2CN1C1CC2(CCCCC2)C1. The predicted octanol–water partition coefficient (Wildman–Crippen LogP) is 4.19. The van der Waals surface area contributed by atoms with E-state index in [0.717, 1.165) is 17.5 Å². The lowest BCUT2D eigenvalue weighted by molar-refractivity contribution is -0.0512. The molecule has 0 unspecified atom stereocenters. The number of nitrogens with one attached hydrogen (secondary N) is 1. The summed E-state index contributed by atoms with van der Waals surface area (Å²) in [5, 5.41) is 8.86. The number of carbonyl (C=O) groups is 1. The minimum Gasteiger partial charge on any atom is -0.293 e. The van der Waals surface area contributed by atoms with Gasteiger partial charge in [-0.15, -0.1) is 0 Å². The van der Waals surface area contributed by atoms with Gasteiger partial charge in [0.15, 0.2) is 0 Å². The second kappa shape index (κ2) is 6.93.